The van der Waals surface area contributed by atoms with Crippen LogP contribution in [-0.2, 0) is 11.2 Å². The van der Waals surface area contributed by atoms with Crippen molar-refractivity contribution in [1.82, 2.24) is 0 Å². The van der Waals surface area contributed by atoms with Gasteiger partial charge in [0.05, 0.1) is 11.7 Å². The van der Waals surface area contributed by atoms with Crippen molar-refractivity contribution in [3.05, 3.63) is 20.8 Å². The zero-order valence-corrected chi connectivity index (χ0v) is 11.8. The van der Waals surface area contributed by atoms with Gasteiger partial charge in [-0.15, -0.1) is 11.3 Å². The molecule has 1 saturated heterocycles. The van der Waals surface area contributed by atoms with E-state index in [0.29, 0.717) is 6.42 Å². The van der Waals surface area contributed by atoms with Gasteiger partial charge in [-0.05, 0) is 48.2 Å². The summed E-state index contributed by atoms with van der Waals surface area (Å²) in [5.74, 6) is 0. The predicted octanol–water partition coefficient (Wildman–Crippen LogP) is 3.37. The van der Waals surface area contributed by atoms with E-state index in [9.17, 15) is 5.11 Å². The van der Waals surface area contributed by atoms with Crippen molar-refractivity contribution in [3.8, 4) is 0 Å². The van der Waals surface area contributed by atoms with Gasteiger partial charge < -0.3 is 9.84 Å². The van der Waals surface area contributed by atoms with Crippen LogP contribution >= 0.6 is 27.3 Å². The van der Waals surface area contributed by atoms with E-state index in [0.717, 1.165) is 30.3 Å². The smallest absolute Gasteiger partial charge is 0.0915 e. The van der Waals surface area contributed by atoms with Crippen molar-refractivity contribution in [2.75, 3.05) is 6.61 Å². The monoisotopic (exact) mass is 304 g/mol. The number of hydrogen-bond donors (Lipinski definition) is 1. The fourth-order valence-corrected chi connectivity index (χ4v) is 3.58. The second-order valence-electron chi connectivity index (χ2n) is 4.57. The Morgan fingerprint density at radius 3 is 3.00 bits per heavy atom. The van der Waals surface area contributed by atoms with Crippen LogP contribution in [0.1, 0.15) is 31.1 Å². The molecule has 1 aliphatic heterocycles. The van der Waals surface area contributed by atoms with Gasteiger partial charge in [-0.1, -0.05) is 0 Å². The molecule has 0 aliphatic carbocycles. The third-order valence-electron chi connectivity index (χ3n) is 3.22. The molecule has 4 heteroatoms. The summed E-state index contributed by atoms with van der Waals surface area (Å²) in [5.41, 5.74) is -0.352. The maximum Gasteiger partial charge on any atom is 0.0915 e. The van der Waals surface area contributed by atoms with Crippen molar-refractivity contribution >= 4 is 27.3 Å². The zero-order chi connectivity index (χ0) is 11.6. The number of aliphatic hydroxyl groups excluding tert-OH is 1. The Labute approximate surface area is 109 Å². The lowest BCUT2D eigenvalue weighted by molar-refractivity contribution is -0.135. The van der Waals surface area contributed by atoms with E-state index in [4.69, 9.17) is 4.74 Å². The number of halogens is 1. The highest BCUT2D eigenvalue weighted by Crippen LogP contribution is 2.31. The Bertz CT molecular complexity index is 345. The summed E-state index contributed by atoms with van der Waals surface area (Å²) in [6, 6.07) is 2.07. The van der Waals surface area contributed by atoms with Crippen molar-refractivity contribution in [2.45, 2.75) is 44.3 Å². The minimum atomic E-state index is -0.404. The minimum Gasteiger partial charge on any atom is -0.390 e. The molecule has 2 nitrogen and oxygen atoms in total. The number of hydrogen-bond acceptors (Lipinski definition) is 3. The molecule has 0 amide bonds. The lowest BCUT2D eigenvalue weighted by Crippen LogP contribution is -2.45. The van der Waals surface area contributed by atoms with Crippen LogP contribution in [0.2, 0.25) is 0 Å². The third kappa shape index (κ3) is 2.86. The molecular formula is C12H17BrO2S. The number of thiophene rings is 1. The van der Waals surface area contributed by atoms with Crippen LogP contribution in [-0.4, -0.2) is 23.4 Å². The SMILES string of the molecule is CC1(C(O)Cc2cc(Br)cs2)CCCCO1. The van der Waals surface area contributed by atoms with E-state index in [1.807, 2.05) is 12.3 Å². The normalized spacial score (nSPS) is 27.9. The topological polar surface area (TPSA) is 29.5 Å². The molecule has 2 atom stereocenters. The van der Waals surface area contributed by atoms with Gasteiger partial charge in [0.2, 0.25) is 0 Å². The lowest BCUT2D eigenvalue weighted by Gasteiger charge is -2.37. The summed E-state index contributed by atoms with van der Waals surface area (Å²) in [7, 11) is 0. The van der Waals surface area contributed by atoms with E-state index >= 15 is 0 Å². The van der Waals surface area contributed by atoms with Gasteiger partial charge in [0.15, 0.2) is 0 Å². The largest absolute Gasteiger partial charge is 0.390 e. The van der Waals surface area contributed by atoms with Gasteiger partial charge in [0.1, 0.15) is 0 Å². The van der Waals surface area contributed by atoms with E-state index < -0.39 is 6.10 Å². The Kier molecular flexibility index (Phi) is 4.06. The molecule has 16 heavy (non-hydrogen) atoms. The predicted molar refractivity (Wildman–Crippen MR) is 69.9 cm³/mol. The third-order valence-corrected chi connectivity index (χ3v) is 4.94. The fraction of sp³-hybridized carbons (Fsp3) is 0.667. The van der Waals surface area contributed by atoms with Crippen molar-refractivity contribution in [1.29, 1.82) is 0 Å². The highest BCUT2D eigenvalue weighted by molar-refractivity contribution is 9.10. The number of ether oxygens (including phenoxy) is 1. The van der Waals surface area contributed by atoms with Crippen LogP contribution in [0.25, 0.3) is 0 Å². The number of rotatable bonds is 3. The molecule has 1 aromatic heterocycles. The van der Waals surface area contributed by atoms with Crippen LogP contribution in [0, 0.1) is 0 Å². The van der Waals surface area contributed by atoms with E-state index in [1.54, 1.807) is 11.3 Å². The molecule has 0 aromatic carbocycles. The van der Waals surface area contributed by atoms with Crippen LogP contribution in [0.3, 0.4) is 0 Å². The zero-order valence-electron chi connectivity index (χ0n) is 9.41. The van der Waals surface area contributed by atoms with Gasteiger partial charge in [0.25, 0.3) is 0 Å². The van der Waals surface area contributed by atoms with Crippen molar-refractivity contribution < 1.29 is 9.84 Å². The van der Waals surface area contributed by atoms with E-state index in [1.165, 1.54) is 4.88 Å². The average Bonchev–Trinajstić information content (AvgIpc) is 2.65. The average molecular weight is 305 g/mol. The molecule has 90 valence electrons. The summed E-state index contributed by atoms with van der Waals surface area (Å²) in [4.78, 5) is 1.20. The molecule has 0 radical (unpaired) electrons. The van der Waals surface area contributed by atoms with Gasteiger partial charge in [-0.2, -0.15) is 0 Å². The summed E-state index contributed by atoms with van der Waals surface area (Å²) in [6.07, 6.45) is 3.51. The van der Waals surface area contributed by atoms with Gasteiger partial charge in [-0.25, -0.2) is 0 Å². The molecule has 0 spiro atoms. The first-order valence-corrected chi connectivity index (χ1v) is 7.32. The molecule has 2 rings (SSSR count). The molecule has 1 aliphatic rings. The van der Waals surface area contributed by atoms with Crippen LogP contribution in [0.4, 0.5) is 0 Å². The summed E-state index contributed by atoms with van der Waals surface area (Å²) in [6.45, 7) is 2.81. The summed E-state index contributed by atoms with van der Waals surface area (Å²) < 4.78 is 6.84. The van der Waals surface area contributed by atoms with Crippen LogP contribution in [0.15, 0.2) is 15.9 Å². The lowest BCUT2D eigenvalue weighted by atomic mass is 9.88. The van der Waals surface area contributed by atoms with Gasteiger partial charge >= 0.3 is 0 Å². The molecule has 2 heterocycles. The maximum atomic E-state index is 10.3. The summed E-state index contributed by atoms with van der Waals surface area (Å²) in [5, 5.41) is 12.3. The second kappa shape index (κ2) is 5.17. The van der Waals surface area contributed by atoms with Crippen molar-refractivity contribution in [2.24, 2.45) is 0 Å². The Hall–Kier alpha value is 0.1000. The standard InChI is InChI=1S/C12H17BrO2S/c1-12(4-2-3-5-15-12)11(14)7-10-6-9(13)8-16-10/h6,8,11,14H,2-5,7H2,1H3. The second-order valence-corrected chi connectivity index (χ2v) is 6.48. The molecule has 2 unspecified atom stereocenters. The Balaban J connectivity index is 1.98. The molecule has 1 N–H and O–H groups in total. The first-order chi connectivity index (χ1) is 7.60. The van der Waals surface area contributed by atoms with E-state index in [2.05, 4.69) is 22.0 Å². The summed E-state index contributed by atoms with van der Waals surface area (Å²) >= 11 is 5.11. The first kappa shape index (κ1) is 12.6. The van der Waals surface area contributed by atoms with Gasteiger partial charge in [0, 0.05) is 27.8 Å². The van der Waals surface area contributed by atoms with Crippen LogP contribution < -0.4 is 0 Å². The van der Waals surface area contributed by atoms with E-state index in [-0.39, 0.29) is 5.60 Å². The molecule has 1 aromatic rings. The Morgan fingerprint density at radius 1 is 1.62 bits per heavy atom. The maximum absolute atomic E-state index is 10.3. The molecule has 0 bridgehead atoms. The quantitative estimate of drug-likeness (QED) is 0.928. The highest BCUT2D eigenvalue weighted by atomic mass is 79.9. The number of aliphatic hydroxyl groups is 1. The van der Waals surface area contributed by atoms with Crippen molar-refractivity contribution in [3.63, 3.8) is 0 Å². The molecule has 1 fully saturated rings. The minimum absolute atomic E-state index is 0.352. The molecular weight excluding hydrogens is 288 g/mol. The highest BCUT2D eigenvalue weighted by Gasteiger charge is 2.35. The van der Waals surface area contributed by atoms with Gasteiger partial charge in [-0.3, -0.25) is 0 Å². The Morgan fingerprint density at radius 2 is 2.44 bits per heavy atom. The van der Waals surface area contributed by atoms with Crippen LogP contribution in [0.5, 0.6) is 0 Å². The first-order valence-electron chi connectivity index (χ1n) is 5.65. The fourth-order valence-electron chi connectivity index (χ4n) is 2.09. The molecule has 0 saturated carbocycles.